The number of hydrogen-bond acceptors (Lipinski definition) is 3. The molecule has 3 heteroatoms. The number of carbonyl (C=O) groups is 1. The molecule has 3 nitrogen and oxygen atoms in total. The fraction of sp³-hybridized carbons (Fsp3) is 0.0625. The Labute approximate surface area is 111 Å². The molecule has 2 aromatic carbocycles. The average Bonchev–Trinajstić information content (AvgIpc) is 2.43. The Morgan fingerprint density at radius 3 is 1.58 bits per heavy atom. The first-order valence-electron chi connectivity index (χ1n) is 5.90. The lowest BCUT2D eigenvalue weighted by Crippen LogP contribution is -1.97. The zero-order valence-corrected chi connectivity index (χ0v) is 10.2. The van der Waals surface area contributed by atoms with Gasteiger partial charge in [-0.1, -0.05) is 30.3 Å². The van der Waals surface area contributed by atoms with Gasteiger partial charge in [0.2, 0.25) is 0 Å². The van der Waals surface area contributed by atoms with Gasteiger partial charge in [-0.05, 0) is 41.5 Å². The third-order valence-electron chi connectivity index (χ3n) is 2.89. The molecule has 2 N–H and O–H groups in total. The second kappa shape index (κ2) is 5.87. The van der Waals surface area contributed by atoms with Crippen molar-refractivity contribution < 1.29 is 15.0 Å². The highest BCUT2D eigenvalue weighted by Gasteiger charge is 2.10. The van der Waals surface area contributed by atoms with Crippen LogP contribution in [-0.2, 0) is 4.79 Å². The predicted molar refractivity (Wildman–Crippen MR) is 73.3 cm³/mol. The van der Waals surface area contributed by atoms with Gasteiger partial charge >= 0.3 is 0 Å². The zero-order valence-electron chi connectivity index (χ0n) is 10.2. The molecule has 0 spiro atoms. The van der Waals surface area contributed by atoms with Crippen molar-refractivity contribution in [3.8, 4) is 11.5 Å². The van der Waals surface area contributed by atoms with Crippen LogP contribution in [0, 0.1) is 0 Å². The fourth-order valence-corrected chi connectivity index (χ4v) is 1.93. The molecule has 2 rings (SSSR count). The fourth-order valence-electron chi connectivity index (χ4n) is 1.93. The van der Waals surface area contributed by atoms with Crippen molar-refractivity contribution in [2.45, 2.75) is 5.92 Å². The molecule has 0 radical (unpaired) electrons. The van der Waals surface area contributed by atoms with Crippen LogP contribution in [0.15, 0.2) is 60.7 Å². The van der Waals surface area contributed by atoms with Gasteiger partial charge in [-0.15, -0.1) is 0 Å². The first-order chi connectivity index (χ1) is 9.20. The predicted octanol–water partition coefficient (Wildman–Crippen LogP) is 2.98. The largest absolute Gasteiger partial charge is 0.508 e. The van der Waals surface area contributed by atoms with Gasteiger partial charge in [0.15, 0.2) is 0 Å². The molecule has 0 aliphatic rings. The molecule has 0 heterocycles. The lowest BCUT2D eigenvalue weighted by molar-refractivity contribution is -0.104. The van der Waals surface area contributed by atoms with Crippen molar-refractivity contribution in [1.29, 1.82) is 0 Å². The minimum atomic E-state index is -0.0913. The van der Waals surface area contributed by atoms with Crippen LogP contribution in [0.25, 0.3) is 0 Å². The maximum Gasteiger partial charge on any atom is 0.142 e. The monoisotopic (exact) mass is 254 g/mol. The molecule has 0 amide bonds. The number of rotatable bonds is 4. The van der Waals surface area contributed by atoms with Crippen LogP contribution in [0.1, 0.15) is 17.0 Å². The molecular formula is C16H14O3. The molecular weight excluding hydrogens is 240 g/mol. The molecule has 0 atom stereocenters. The summed E-state index contributed by atoms with van der Waals surface area (Å²) in [6, 6.07) is 13.7. The van der Waals surface area contributed by atoms with Gasteiger partial charge < -0.3 is 10.2 Å². The van der Waals surface area contributed by atoms with Crippen LogP contribution in [-0.4, -0.2) is 16.5 Å². The van der Waals surface area contributed by atoms with E-state index >= 15 is 0 Å². The molecule has 19 heavy (non-hydrogen) atoms. The molecule has 0 bridgehead atoms. The summed E-state index contributed by atoms with van der Waals surface area (Å²) in [7, 11) is 0. The Bertz CT molecular complexity index is 522. The van der Waals surface area contributed by atoms with Gasteiger partial charge in [-0.2, -0.15) is 0 Å². The molecule has 0 unspecified atom stereocenters. The van der Waals surface area contributed by atoms with Crippen LogP contribution in [0.4, 0.5) is 0 Å². The number of benzene rings is 2. The molecule has 0 aliphatic carbocycles. The lowest BCUT2D eigenvalue weighted by Gasteiger charge is -2.14. The summed E-state index contributed by atoms with van der Waals surface area (Å²) in [6.45, 7) is 0. The SMILES string of the molecule is O=C/C=C/C(c1ccc(O)cc1)c1ccc(O)cc1. The minimum absolute atomic E-state index is 0.0913. The number of hydrogen-bond donors (Lipinski definition) is 2. The van der Waals surface area contributed by atoms with Crippen LogP contribution < -0.4 is 0 Å². The Kier molecular flexibility index (Phi) is 3.98. The summed E-state index contributed by atoms with van der Waals surface area (Å²) in [5, 5.41) is 18.6. The van der Waals surface area contributed by atoms with Crippen molar-refractivity contribution in [3.05, 3.63) is 71.8 Å². The van der Waals surface area contributed by atoms with E-state index in [-0.39, 0.29) is 17.4 Å². The van der Waals surface area contributed by atoms with E-state index in [0.717, 1.165) is 17.4 Å². The number of allylic oxidation sites excluding steroid dienone is 2. The van der Waals surface area contributed by atoms with Crippen molar-refractivity contribution in [2.24, 2.45) is 0 Å². The summed E-state index contributed by atoms with van der Waals surface area (Å²) < 4.78 is 0. The zero-order chi connectivity index (χ0) is 13.7. The van der Waals surface area contributed by atoms with Crippen molar-refractivity contribution in [2.75, 3.05) is 0 Å². The van der Waals surface area contributed by atoms with Crippen LogP contribution in [0.2, 0.25) is 0 Å². The van der Waals surface area contributed by atoms with Gasteiger partial charge in [-0.3, -0.25) is 4.79 Å². The van der Waals surface area contributed by atoms with E-state index in [1.807, 2.05) is 24.3 Å². The lowest BCUT2D eigenvalue weighted by atomic mass is 9.91. The van der Waals surface area contributed by atoms with E-state index < -0.39 is 0 Å². The highest BCUT2D eigenvalue weighted by atomic mass is 16.3. The number of aldehydes is 1. The van der Waals surface area contributed by atoms with Gasteiger partial charge in [0.25, 0.3) is 0 Å². The van der Waals surface area contributed by atoms with E-state index in [4.69, 9.17) is 0 Å². The molecule has 0 saturated carbocycles. The maximum absolute atomic E-state index is 10.5. The summed E-state index contributed by atoms with van der Waals surface area (Å²) in [6.07, 6.45) is 3.96. The van der Waals surface area contributed by atoms with Crippen LogP contribution >= 0.6 is 0 Å². The normalized spacial score (nSPS) is 11.0. The van der Waals surface area contributed by atoms with E-state index in [1.54, 1.807) is 30.3 Å². The van der Waals surface area contributed by atoms with Crippen molar-refractivity contribution in [1.82, 2.24) is 0 Å². The van der Waals surface area contributed by atoms with Crippen molar-refractivity contribution >= 4 is 6.29 Å². The number of carbonyl (C=O) groups excluding carboxylic acids is 1. The standard InChI is InChI=1S/C16H14O3/c17-11-1-2-16(12-3-7-14(18)8-4-12)13-5-9-15(19)10-6-13/h1-11,16,18-19H/b2-1+. The smallest absolute Gasteiger partial charge is 0.142 e. The van der Waals surface area contributed by atoms with Gasteiger partial charge in [-0.25, -0.2) is 0 Å². The van der Waals surface area contributed by atoms with E-state index in [9.17, 15) is 15.0 Å². The molecule has 0 aliphatic heterocycles. The Morgan fingerprint density at radius 1 is 0.789 bits per heavy atom. The highest BCUT2D eigenvalue weighted by Crippen LogP contribution is 2.28. The third-order valence-corrected chi connectivity index (χ3v) is 2.89. The third kappa shape index (κ3) is 3.22. The molecule has 0 aromatic heterocycles. The Balaban J connectivity index is 2.40. The number of phenolic OH excluding ortho intramolecular Hbond substituents is 2. The summed E-state index contributed by atoms with van der Waals surface area (Å²) in [5.74, 6) is 0.312. The highest BCUT2D eigenvalue weighted by molar-refractivity contribution is 5.65. The molecule has 96 valence electrons. The Morgan fingerprint density at radius 2 is 1.21 bits per heavy atom. The maximum atomic E-state index is 10.5. The van der Waals surface area contributed by atoms with E-state index in [2.05, 4.69) is 0 Å². The van der Waals surface area contributed by atoms with Crippen LogP contribution in [0.3, 0.4) is 0 Å². The second-order valence-corrected chi connectivity index (χ2v) is 4.18. The Hall–Kier alpha value is -2.55. The summed E-state index contributed by atoms with van der Waals surface area (Å²) in [5.41, 5.74) is 1.92. The first-order valence-corrected chi connectivity index (χ1v) is 5.90. The van der Waals surface area contributed by atoms with E-state index in [0.29, 0.717) is 0 Å². The van der Waals surface area contributed by atoms with E-state index in [1.165, 1.54) is 6.08 Å². The summed E-state index contributed by atoms with van der Waals surface area (Å²) >= 11 is 0. The topological polar surface area (TPSA) is 57.5 Å². The molecule has 0 fully saturated rings. The van der Waals surface area contributed by atoms with Gasteiger partial charge in [0.05, 0.1) is 0 Å². The van der Waals surface area contributed by atoms with Crippen molar-refractivity contribution in [3.63, 3.8) is 0 Å². The minimum Gasteiger partial charge on any atom is -0.508 e. The quantitative estimate of drug-likeness (QED) is 0.651. The van der Waals surface area contributed by atoms with Gasteiger partial charge in [0.1, 0.15) is 17.8 Å². The summed E-state index contributed by atoms with van der Waals surface area (Å²) in [4.78, 5) is 10.5. The van der Waals surface area contributed by atoms with Crippen LogP contribution in [0.5, 0.6) is 11.5 Å². The number of phenols is 2. The molecule has 0 saturated heterocycles. The first kappa shape index (κ1) is 12.9. The average molecular weight is 254 g/mol. The number of aromatic hydroxyl groups is 2. The molecule has 2 aromatic rings. The second-order valence-electron chi connectivity index (χ2n) is 4.18. The van der Waals surface area contributed by atoms with Gasteiger partial charge in [0, 0.05) is 5.92 Å².